The number of rotatable bonds is 5. The summed E-state index contributed by atoms with van der Waals surface area (Å²) in [6, 6.07) is 11.1. The molecule has 0 unspecified atom stereocenters. The Morgan fingerprint density at radius 3 is 2.17 bits per heavy atom. The Kier molecular flexibility index (Phi) is 5.33. The summed E-state index contributed by atoms with van der Waals surface area (Å²) >= 11 is -0.508. The Hall–Kier alpha value is -1.70. The van der Waals surface area contributed by atoms with Gasteiger partial charge in [-0.15, -0.1) is 0 Å². The second-order valence-electron chi connectivity index (χ2n) is 5.99. The van der Waals surface area contributed by atoms with Crippen LogP contribution in [-0.4, -0.2) is 15.0 Å². The molecule has 0 atom stereocenters. The summed E-state index contributed by atoms with van der Waals surface area (Å²) in [6.07, 6.45) is 7.15. The molecule has 0 saturated heterocycles. The fraction of sp³-hybridized carbons (Fsp3) is 0.238. The van der Waals surface area contributed by atoms with E-state index < -0.39 is 26.6 Å². The molecule has 0 bridgehead atoms. The van der Waals surface area contributed by atoms with Crippen molar-refractivity contribution in [2.45, 2.75) is 33.1 Å². The average molecular weight is 391 g/mol. The molecule has 0 fully saturated rings. The minimum atomic E-state index is -0.742. The molecule has 2 aromatic carbocycles. The van der Waals surface area contributed by atoms with Crippen molar-refractivity contribution < 1.29 is 8.78 Å². The van der Waals surface area contributed by atoms with Crippen LogP contribution in [0.3, 0.4) is 0 Å². The average Bonchev–Trinajstić information content (AvgIpc) is 3.06. The van der Waals surface area contributed by atoms with Crippen molar-refractivity contribution in [3.05, 3.63) is 75.8 Å². The Morgan fingerprint density at radius 2 is 1.50 bits per heavy atom. The second-order valence-corrected chi connectivity index (χ2v) is 8.99. The molecule has 1 aliphatic heterocycles. The normalized spacial score (nSPS) is 15.5. The van der Waals surface area contributed by atoms with Gasteiger partial charge in [0.25, 0.3) is 0 Å². The molecule has 2 aromatic rings. The summed E-state index contributed by atoms with van der Waals surface area (Å²) in [5.74, 6) is -1.46. The minimum absolute atomic E-state index is 0.333. The maximum absolute atomic E-state index is 14.6. The van der Waals surface area contributed by atoms with Gasteiger partial charge < -0.3 is 0 Å². The number of halogens is 2. The molecule has 24 heavy (non-hydrogen) atoms. The van der Waals surface area contributed by atoms with Gasteiger partial charge in [-0.1, -0.05) is 0 Å². The molecular formula is C21H22F2Se. The third-order valence-electron chi connectivity index (χ3n) is 4.31. The Balaban J connectivity index is 1.89. The Labute approximate surface area is 148 Å². The molecule has 0 aliphatic carbocycles. The van der Waals surface area contributed by atoms with Crippen molar-refractivity contribution in [1.82, 2.24) is 0 Å². The van der Waals surface area contributed by atoms with Crippen LogP contribution in [0.4, 0.5) is 8.78 Å². The number of benzene rings is 2. The van der Waals surface area contributed by atoms with Crippen molar-refractivity contribution in [3.8, 4) is 11.1 Å². The van der Waals surface area contributed by atoms with E-state index in [2.05, 4.69) is 19.9 Å². The first kappa shape index (κ1) is 17.1. The predicted molar refractivity (Wildman–Crippen MR) is 101 cm³/mol. The summed E-state index contributed by atoms with van der Waals surface area (Å²) in [6.45, 7) is 4.22. The molecule has 0 aromatic heterocycles. The van der Waals surface area contributed by atoms with Crippen LogP contribution in [0.2, 0.25) is 0 Å². The number of hydrogen-bond acceptors (Lipinski definition) is 0. The van der Waals surface area contributed by atoms with Crippen LogP contribution in [0, 0.1) is 11.6 Å². The standard InChI is InChI=1S/C21H22F2Se/c1-3-5-16-10-13-19(24-16)18-12-11-17(20(22)21(18)23)15-8-6-14(4-2)7-9-15/h6-13H,3-5,24H2,1-2H3. The van der Waals surface area contributed by atoms with E-state index in [0.717, 1.165) is 29.3 Å². The van der Waals surface area contributed by atoms with Crippen LogP contribution in [-0.2, 0) is 6.42 Å². The van der Waals surface area contributed by atoms with Crippen LogP contribution >= 0.6 is 0 Å². The zero-order chi connectivity index (χ0) is 17.1. The molecular weight excluding hydrogens is 369 g/mol. The molecule has 0 nitrogen and oxygen atoms in total. The number of hydrogen-bond donors (Lipinski definition) is 0. The van der Waals surface area contributed by atoms with Crippen molar-refractivity contribution >= 4 is 19.4 Å². The van der Waals surface area contributed by atoms with E-state index >= 15 is 0 Å². The van der Waals surface area contributed by atoms with Crippen LogP contribution in [0.1, 0.15) is 37.8 Å². The van der Waals surface area contributed by atoms with E-state index in [4.69, 9.17) is 0 Å². The van der Waals surface area contributed by atoms with Gasteiger partial charge in [0, 0.05) is 0 Å². The van der Waals surface area contributed by atoms with Gasteiger partial charge in [-0.2, -0.15) is 0 Å². The van der Waals surface area contributed by atoms with Gasteiger partial charge in [-0.05, 0) is 0 Å². The topological polar surface area (TPSA) is 0 Å². The molecule has 3 rings (SSSR count). The van der Waals surface area contributed by atoms with Crippen LogP contribution < -0.4 is 0 Å². The van der Waals surface area contributed by atoms with Gasteiger partial charge in [-0.25, -0.2) is 0 Å². The quantitative estimate of drug-likeness (QED) is 0.599. The van der Waals surface area contributed by atoms with Crippen LogP contribution in [0.5, 0.6) is 0 Å². The number of aryl methyl sites for hydroxylation is 1. The zero-order valence-electron chi connectivity index (χ0n) is 14.0. The first-order chi connectivity index (χ1) is 11.6. The summed E-state index contributed by atoms with van der Waals surface area (Å²) in [4.78, 5) is 0. The van der Waals surface area contributed by atoms with Crippen molar-refractivity contribution in [2.24, 2.45) is 0 Å². The predicted octanol–water partition coefficient (Wildman–Crippen LogP) is 5.40. The molecule has 0 N–H and O–H groups in total. The van der Waals surface area contributed by atoms with E-state index in [9.17, 15) is 8.78 Å². The first-order valence-corrected chi connectivity index (χ1v) is 10.5. The van der Waals surface area contributed by atoms with Gasteiger partial charge in [0.2, 0.25) is 0 Å². The fourth-order valence-electron chi connectivity index (χ4n) is 2.91. The van der Waals surface area contributed by atoms with Crippen molar-refractivity contribution in [2.75, 3.05) is 0 Å². The monoisotopic (exact) mass is 392 g/mol. The van der Waals surface area contributed by atoms with Gasteiger partial charge in [-0.3, -0.25) is 0 Å². The van der Waals surface area contributed by atoms with E-state index in [0.29, 0.717) is 11.1 Å². The van der Waals surface area contributed by atoms with Crippen molar-refractivity contribution in [1.29, 1.82) is 0 Å². The van der Waals surface area contributed by atoms with E-state index in [1.54, 1.807) is 12.1 Å². The zero-order valence-corrected chi connectivity index (χ0v) is 16.1. The van der Waals surface area contributed by atoms with Crippen LogP contribution in [0.15, 0.2) is 53.0 Å². The molecule has 1 heterocycles. The van der Waals surface area contributed by atoms with E-state index in [1.807, 2.05) is 30.3 Å². The van der Waals surface area contributed by atoms with Gasteiger partial charge in [0.1, 0.15) is 0 Å². The molecule has 1 aliphatic rings. The van der Waals surface area contributed by atoms with E-state index in [-0.39, 0.29) is 0 Å². The van der Waals surface area contributed by atoms with Crippen LogP contribution in [0.25, 0.3) is 15.6 Å². The summed E-state index contributed by atoms with van der Waals surface area (Å²) < 4.78 is 31.7. The summed E-state index contributed by atoms with van der Waals surface area (Å²) in [5, 5.41) is 0. The Morgan fingerprint density at radius 1 is 0.833 bits per heavy atom. The number of allylic oxidation sites excluding steroid dienone is 3. The third kappa shape index (κ3) is 3.38. The summed E-state index contributed by atoms with van der Waals surface area (Å²) in [5.41, 5.74) is 2.67. The molecule has 0 spiro atoms. The van der Waals surface area contributed by atoms with Gasteiger partial charge >= 0.3 is 148 Å². The van der Waals surface area contributed by atoms with E-state index in [1.165, 1.54) is 10.0 Å². The molecule has 126 valence electrons. The Bertz CT molecular complexity index is 801. The third-order valence-corrected chi connectivity index (χ3v) is 7.34. The van der Waals surface area contributed by atoms with Gasteiger partial charge in [0.15, 0.2) is 0 Å². The fourth-order valence-corrected chi connectivity index (χ4v) is 5.81. The van der Waals surface area contributed by atoms with Gasteiger partial charge in [0.05, 0.1) is 0 Å². The SMILES string of the molecule is CCCC1=CC=C(c2ccc(-c3ccc(CC)cc3)c(F)c2F)[SeH2]1. The second kappa shape index (κ2) is 7.46. The molecule has 0 radical (unpaired) electrons. The molecule has 0 saturated carbocycles. The van der Waals surface area contributed by atoms with Crippen molar-refractivity contribution in [3.63, 3.8) is 0 Å². The molecule has 0 amide bonds. The maximum atomic E-state index is 14.6. The molecule has 3 heteroatoms. The summed E-state index contributed by atoms with van der Waals surface area (Å²) in [7, 11) is 0. The first-order valence-electron chi connectivity index (χ1n) is 8.39.